The summed E-state index contributed by atoms with van der Waals surface area (Å²) in [4.78, 5) is 10.2. The predicted octanol–water partition coefficient (Wildman–Crippen LogP) is 4.09. The molecule has 0 unspecified atom stereocenters. The van der Waals surface area contributed by atoms with E-state index in [1.165, 1.54) is 37.8 Å². The summed E-state index contributed by atoms with van der Waals surface area (Å²) in [6.07, 6.45) is 7.07. The topological polar surface area (TPSA) is 52.4 Å². The lowest BCUT2D eigenvalue weighted by Gasteiger charge is -2.29. The largest absolute Gasteiger partial charge is 0.488 e. The van der Waals surface area contributed by atoms with Crippen molar-refractivity contribution in [3.8, 4) is 5.75 Å². The molecule has 18 heavy (non-hydrogen) atoms. The Morgan fingerprint density at radius 3 is 2.17 bits per heavy atom. The first-order chi connectivity index (χ1) is 8.59. The van der Waals surface area contributed by atoms with Crippen molar-refractivity contribution in [1.29, 1.82) is 0 Å². The molecule has 1 saturated carbocycles. The summed E-state index contributed by atoms with van der Waals surface area (Å²) >= 11 is 0. The second-order valence-electron chi connectivity index (χ2n) is 5.22. The van der Waals surface area contributed by atoms with Crippen LogP contribution in [0.5, 0.6) is 5.75 Å². The normalized spacial score (nSPS) is 18.9. The fraction of sp³-hybridized carbons (Fsp3) is 0.571. The van der Waals surface area contributed by atoms with E-state index in [4.69, 9.17) is 4.74 Å². The highest BCUT2D eigenvalue weighted by atomic mass is 16.6. The Balaban J connectivity index is 2.05. The molecule has 1 aromatic carbocycles. The van der Waals surface area contributed by atoms with Crippen molar-refractivity contribution in [1.82, 2.24) is 0 Å². The van der Waals surface area contributed by atoms with Gasteiger partial charge in [-0.1, -0.05) is 12.8 Å². The number of hydrogen-bond donors (Lipinski definition) is 0. The number of benzene rings is 1. The summed E-state index contributed by atoms with van der Waals surface area (Å²) in [5.41, 5.74) is -0.0134. The maximum atomic E-state index is 10.6. The molecular weight excluding hydrogens is 230 g/mol. The Morgan fingerprint density at radius 2 is 1.67 bits per heavy atom. The number of nitro benzene ring substituents is 1. The van der Waals surface area contributed by atoms with Gasteiger partial charge < -0.3 is 4.74 Å². The molecule has 0 bridgehead atoms. The Morgan fingerprint density at radius 1 is 1.11 bits per heavy atom. The molecule has 1 aliphatic rings. The van der Waals surface area contributed by atoms with Crippen LogP contribution in [0.2, 0.25) is 0 Å². The first kappa shape index (κ1) is 12.9. The first-order valence-electron chi connectivity index (χ1n) is 6.53. The molecule has 0 aliphatic heterocycles. The van der Waals surface area contributed by atoms with E-state index in [2.05, 4.69) is 6.92 Å². The van der Waals surface area contributed by atoms with Gasteiger partial charge in [-0.2, -0.15) is 0 Å². The maximum absolute atomic E-state index is 10.6. The highest BCUT2D eigenvalue weighted by molar-refractivity contribution is 5.36. The molecule has 1 fully saturated rings. The van der Waals surface area contributed by atoms with E-state index < -0.39 is 4.92 Å². The minimum absolute atomic E-state index is 0.105. The van der Waals surface area contributed by atoms with E-state index in [-0.39, 0.29) is 11.3 Å². The quantitative estimate of drug-likeness (QED) is 0.460. The molecule has 0 atom stereocenters. The number of nitro groups is 1. The first-order valence-corrected chi connectivity index (χ1v) is 6.53. The minimum atomic E-state index is -0.392. The molecule has 0 aromatic heterocycles. The Kier molecular flexibility index (Phi) is 3.84. The molecule has 0 radical (unpaired) electrons. The molecule has 1 aliphatic carbocycles. The summed E-state index contributed by atoms with van der Waals surface area (Å²) in [5, 5.41) is 10.6. The van der Waals surface area contributed by atoms with E-state index in [0.29, 0.717) is 0 Å². The van der Waals surface area contributed by atoms with Crippen LogP contribution in [-0.2, 0) is 0 Å². The zero-order valence-electron chi connectivity index (χ0n) is 10.7. The molecule has 98 valence electrons. The van der Waals surface area contributed by atoms with Crippen LogP contribution in [0.4, 0.5) is 5.69 Å². The van der Waals surface area contributed by atoms with E-state index in [1.807, 2.05) is 0 Å². The number of non-ortho nitro benzene ring substituents is 1. The number of rotatable bonds is 3. The molecule has 1 aromatic rings. The highest BCUT2D eigenvalue weighted by Gasteiger charge is 2.27. The van der Waals surface area contributed by atoms with Gasteiger partial charge in [0.25, 0.3) is 5.69 Å². The summed E-state index contributed by atoms with van der Waals surface area (Å²) in [7, 11) is 0. The molecule has 0 N–H and O–H groups in total. The fourth-order valence-corrected chi connectivity index (χ4v) is 2.50. The standard InChI is InChI=1S/C14H19NO3/c1-14(10-4-2-3-5-11-14)18-13-8-6-12(7-9-13)15(16)17/h6-9H,2-5,10-11H2,1H3. The third-order valence-electron chi connectivity index (χ3n) is 3.57. The van der Waals surface area contributed by atoms with Gasteiger partial charge in [0.1, 0.15) is 11.4 Å². The third-order valence-corrected chi connectivity index (χ3v) is 3.57. The van der Waals surface area contributed by atoms with Crippen molar-refractivity contribution in [3.63, 3.8) is 0 Å². The lowest BCUT2D eigenvalue weighted by atomic mass is 9.97. The van der Waals surface area contributed by atoms with Gasteiger partial charge in [-0.15, -0.1) is 0 Å². The average molecular weight is 249 g/mol. The zero-order valence-corrected chi connectivity index (χ0v) is 10.7. The van der Waals surface area contributed by atoms with Gasteiger partial charge in [0.2, 0.25) is 0 Å². The van der Waals surface area contributed by atoms with Crippen LogP contribution >= 0.6 is 0 Å². The van der Waals surface area contributed by atoms with Crippen LogP contribution < -0.4 is 4.74 Å². The Labute approximate surface area is 107 Å². The highest BCUT2D eigenvalue weighted by Crippen LogP contribution is 2.32. The summed E-state index contributed by atoms with van der Waals surface area (Å²) in [5.74, 6) is 0.727. The van der Waals surface area contributed by atoms with Gasteiger partial charge in [-0.25, -0.2) is 0 Å². The maximum Gasteiger partial charge on any atom is 0.269 e. The monoisotopic (exact) mass is 249 g/mol. The van der Waals surface area contributed by atoms with Crippen molar-refractivity contribution in [3.05, 3.63) is 34.4 Å². The Bertz CT molecular complexity index is 406. The van der Waals surface area contributed by atoms with Crippen LogP contribution in [-0.4, -0.2) is 10.5 Å². The number of ether oxygens (including phenoxy) is 1. The number of hydrogen-bond acceptors (Lipinski definition) is 3. The van der Waals surface area contributed by atoms with Crippen LogP contribution in [0.3, 0.4) is 0 Å². The van der Waals surface area contributed by atoms with Gasteiger partial charge in [0.05, 0.1) is 4.92 Å². The molecule has 2 rings (SSSR count). The molecule has 0 amide bonds. The van der Waals surface area contributed by atoms with Crippen molar-refractivity contribution in [2.24, 2.45) is 0 Å². The SMILES string of the molecule is CC1(Oc2ccc([N+](=O)[O-])cc2)CCCCCC1. The summed E-state index contributed by atoms with van der Waals surface area (Å²) < 4.78 is 6.03. The summed E-state index contributed by atoms with van der Waals surface area (Å²) in [6, 6.07) is 6.37. The number of nitrogens with zero attached hydrogens (tertiary/aromatic N) is 1. The van der Waals surface area contributed by atoms with E-state index >= 15 is 0 Å². The van der Waals surface area contributed by atoms with Gasteiger partial charge in [0, 0.05) is 12.1 Å². The van der Waals surface area contributed by atoms with Gasteiger partial charge in [0.15, 0.2) is 0 Å². The van der Waals surface area contributed by atoms with Crippen molar-refractivity contribution in [2.45, 2.75) is 51.0 Å². The van der Waals surface area contributed by atoms with E-state index in [9.17, 15) is 10.1 Å². The fourth-order valence-electron chi connectivity index (χ4n) is 2.50. The van der Waals surface area contributed by atoms with Crippen molar-refractivity contribution >= 4 is 5.69 Å². The molecule has 0 spiro atoms. The van der Waals surface area contributed by atoms with Gasteiger partial charge in [-0.3, -0.25) is 10.1 Å². The molecule has 4 nitrogen and oxygen atoms in total. The smallest absolute Gasteiger partial charge is 0.269 e. The average Bonchev–Trinajstić information content (AvgIpc) is 2.55. The lowest BCUT2D eigenvalue weighted by Crippen LogP contribution is -2.31. The van der Waals surface area contributed by atoms with E-state index in [0.717, 1.165) is 18.6 Å². The second kappa shape index (κ2) is 5.38. The lowest BCUT2D eigenvalue weighted by molar-refractivity contribution is -0.384. The van der Waals surface area contributed by atoms with E-state index in [1.54, 1.807) is 12.1 Å². The third kappa shape index (κ3) is 3.22. The Hall–Kier alpha value is -1.58. The minimum Gasteiger partial charge on any atom is -0.488 e. The molecule has 0 heterocycles. The van der Waals surface area contributed by atoms with Gasteiger partial charge >= 0.3 is 0 Å². The molecule has 0 saturated heterocycles. The molecule has 4 heteroatoms. The van der Waals surface area contributed by atoms with Crippen LogP contribution in [0.1, 0.15) is 45.4 Å². The second-order valence-corrected chi connectivity index (χ2v) is 5.22. The molecular formula is C14H19NO3. The summed E-state index contributed by atoms with van der Waals surface area (Å²) in [6.45, 7) is 2.14. The predicted molar refractivity (Wildman–Crippen MR) is 69.8 cm³/mol. The van der Waals surface area contributed by atoms with Crippen molar-refractivity contribution < 1.29 is 9.66 Å². The van der Waals surface area contributed by atoms with Crippen LogP contribution in [0, 0.1) is 10.1 Å². The van der Waals surface area contributed by atoms with Gasteiger partial charge in [-0.05, 0) is 44.7 Å². The van der Waals surface area contributed by atoms with Crippen molar-refractivity contribution in [2.75, 3.05) is 0 Å². The van der Waals surface area contributed by atoms with Crippen LogP contribution in [0.15, 0.2) is 24.3 Å². The zero-order chi connectivity index (χ0) is 13.0. The van der Waals surface area contributed by atoms with Crippen LogP contribution in [0.25, 0.3) is 0 Å².